The summed E-state index contributed by atoms with van der Waals surface area (Å²) in [5.74, 6) is -1.21. The quantitative estimate of drug-likeness (QED) is 0.492. The number of pyridine rings is 1. The van der Waals surface area contributed by atoms with Crippen molar-refractivity contribution < 1.29 is 9.18 Å². The average molecular weight is 432 g/mol. The Bertz CT molecular complexity index is 1240. The number of carbonyl (C=O) groups excluding carboxylic acids is 1. The van der Waals surface area contributed by atoms with Crippen LogP contribution in [-0.4, -0.2) is 32.6 Å². The smallest absolute Gasteiger partial charge is 0.272 e. The number of amides is 1. The number of anilines is 3. The highest BCUT2D eigenvalue weighted by atomic mass is 19.1. The molecule has 0 aliphatic carbocycles. The molecule has 3 aromatic rings. The lowest BCUT2D eigenvalue weighted by Crippen LogP contribution is -2.52. The van der Waals surface area contributed by atoms with Crippen molar-refractivity contribution in [3.63, 3.8) is 0 Å². The highest BCUT2D eigenvalue weighted by Crippen LogP contribution is 2.32. The number of aromatic nitrogens is 3. The largest absolute Gasteiger partial charge is 0.397 e. The fraction of sp³-hybridized carbons (Fsp3) is 0.136. The molecule has 4 rings (SSSR count). The number of nitrogen functional groups attached to an aromatic ring is 3. The van der Waals surface area contributed by atoms with Crippen LogP contribution in [0.3, 0.4) is 0 Å². The van der Waals surface area contributed by atoms with Gasteiger partial charge in [-0.25, -0.2) is 14.4 Å². The second kappa shape index (κ2) is 8.06. The summed E-state index contributed by atoms with van der Waals surface area (Å²) in [5, 5.41) is 2.92. The predicted octanol–water partition coefficient (Wildman–Crippen LogP) is 2.29. The summed E-state index contributed by atoms with van der Waals surface area (Å²) in [7, 11) is 0. The summed E-state index contributed by atoms with van der Waals surface area (Å²) < 4.78 is 14.2. The van der Waals surface area contributed by atoms with Crippen LogP contribution in [0.15, 0.2) is 59.7 Å². The van der Waals surface area contributed by atoms with Crippen molar-refractivity contribution >= 4 is 29.6 Å². The molecule has 1 aromatic carbocycles. The van der Waals surface area contributed by atoms with Gasteiger partial charge in [0.25, 0.3) is 5.91 Å². The molecule has 0 bridgehead atoms. The van der Waals surface area contributed by atoms with Gasteiger partial charge in [0.05, 0.1) is 22.6 Å². The normalized spacial score (nSPS) is 19.6. The van der Waals surface area contributed by atoms with E-state index in [9.17, 15) is 9.18 Å². The van der Waals surface area contributed by atoms with Gasteiger partial charge in [-0.05, 0) is 31.2 Å². The average Bonchev–Trinajstić information content (AvgIpc) is 2.74. The van der Waals surface area contributed by atoms with Crippen LogP contribution in [0.5, 0.6) is 0 Å². The Kier molecular flexibility index (Phi) is 5.27. The minimum Gasteiger partial charge on any atom is -0.397 e. The van der Waals surface area contributed by atoms with Gasteiger partial charge in [0.1, 0.15) is 11.6 Å². The Labute approximate surface area is 183 Å². The summed E-state index contributed by atoms with van der Waals surface area (Å²) in [5.41, 5.74) is 17.8. The molecule has 0 radical (unpaired) electrons. The van der Waals surface area contributed by atoms with E-state index in [1.54, 1.807) is 55.7 Å². The molecule has 0 saturated carbocycles. The highest BCUT2D eigenvalue weighted by Gasteiger charge is 2.37. The third-order valence-corrected chi connectivity index (χ3v) is 5.13. The van der Waals surface area contributed by atoms with E-state index in [1.165, 1.54) is 12.1 Å². The van der Waals surface area contributed by atoms with Crippen molar-refractivity contribution in [2.24, 2.45) is 4.99 Å². The number of hydrogen-bond acceptors (Lipinski definition) is 8. The fourth-order valence-corrected chi connectivity index (χ4v) is 3.57. The van der Waals surface area contributed by atoms with Crippen molar-refractivity contribution in [3.8, 4) is 11.3 Å². The first-order valence-corrected chi connectivity index (χ1v) is 9.72. The van der Waals surface area contributed by atoms with Crippen LogP contribution in [0.25, 0.3) is 11.3 Å². The lowest BCUT2D eigenvalue weighted by molar-refractivity contribution is 0.0920. The Hall–Kier alpha value is -4.34. The van der Waals surface area contributed by atoms with Crippen molar-refractivity contribution in [1.82, 2.24) is 20.3 Å². The number of nitrogens with one attached hydrogen (secondary N) is 1. The third-order valence-electron chi connectivity index (χ3n) is 5.13. The highest BCUT2D eigenvalue weighted by molar-refractivity contribution is 6.00. The molecule has 7 N–H and O–H groups in total. The third kappa shape index (κ3) is 3.97. The molecule has 1 aliphatic rings. The topological polar surface area (TPSA) is 158 Å². The number of carbonyl (C=O) groups is 1. The van der Waals surface area contributed by atoms with E-state index in [-0.39, 0.29) is 34.4 Å². The maximum Gasteiger partial charge on any atom is 0.272 e. The van der Waals surface area contributed by atoms with E-state index in [2.05, 4.69) is 25.3 Å². The van der Waals surface area contributed by atoms with Crippen molar-refractivity contribution in [2.75, 3.05) is 17.2 Å². The first-order valence-electron chi connectivity index (χ1n) is 9.72. The van der Waals surface area contributed by atoms with Gasteiger partial charge < -0.3 is 22.5 Å². The van der Waals surface area contributed by atoms with Crippen molar-refractivity contribution in [1.29, 1.82) is 0 Å². The molecule has 3 heterocycles. The van der Waals surface area contributed by atoms with Gasteiger partial charge in [-0.2, -0.15) is 4.98 Å². The number of rotatable bonds is 4. The number of hydrogen-bond donors (Lipinski definition) is 4. The molecular formula is C22H21FN8O. The molecule has 1 amide bonds. The minimum absolute atomic E-state index is 0.0214. The maximum absolute atomic E-state index is 14.2. The zero-order valence-corrected chi connectivity index (χ0v) is 17.2. The molecule has 2 unspecified atom stereocenters. The number of benzene rings is 1. The van der Waals surface area contributed by atoms with Gasteiger partial charge in [0.2, 0.25) is 5.95 Å². The summed E-state index contributed by atoms with van der Waals surface area (Å²) in [6.07, 6.45) is 4.95. The van der Waals surface area contributed by atoms with Crippen molar-refractivity contribution in [2.45, 2.75) is 18.4 Å². The number of nitrogens with two attached hydrogens (primary N) is 3. The van der Waals surface area contributed by atoms with Gasteiger partial charge in [-0.3, -0.25) is 9.79 Å². The molecule has 9 nitrogen and oxygen atoms in total. The van der Waals surface area contributed by atoms with E-state index in [1.807, 2.05) is 0 Å². The molecule has 10 heteroatoms. The minimum atomic E-state index is -0.999. The van der Waals surface area contributed by atoms with Gasteiger partial charge in [0.15, 0.2) is 5.69 Å². The van der Waals surface area contributed by atoms with Crippen LogP contribution in [0.2, 0.25) is 0 Å². The van der Waals surface area contributed by atoms with Gasteiger partial charge in [0, 0.05) is 30.0 Å². The first kappa shape index (κ1) is 20.9. The van der Waals surface area contributed by atoms with Crippen LogP contribution in [0, 0.1) is 5.82 Å². The van der Waals surface area contributed by atoms with Gasteiger partial charge >= 0.3 is 0 Å². The fourth-order valence-electron chi connectivity index (χ4n) is 3.57. The standard InChI is InChI=1S/C22H21FN8O/c1-22(11-27-9-8-13(22)17-10-18(25)30-21(26)29-17)31-20(32)19-15(24)6-7-16(28-19)12-4-2-3-5-14(12)23/h2-11,13H,24H2,1H3,(H,31,32)(H4,25,26,29,30). The summed E-state index contributed by atoms with van der Waals surface area (Å²) in [6, 6.07) is 10.8. The Morgan fingerprint density at radius 3 is 2.62 bits per heavy atom. The molecule has 2 atom stereocenters. The van der Waals surface area contributed by atoms with E-state index < -0.39 is 23.2 Å². The molecule has 0 saturated heterocycles. The maximum atomic E-state index is 14.2. The SMILES string of the molecule is CC1(NC(=O)c2nc(-c3ccccc3F)ccc2N)C=NC=CC1c1cc(N)nc(N)n1. The number of halogens is 1. The summed E-state index contributed by atoms with van der Waals surface area (Å²) in [4.78, 5) is 29.8. The van der Waals surface area contributed by atoms with Crippen molar-refractivity contribution in [3.05, 3.63) is 71.9 Å². The second-order valence-electron chi connectivity index (χ2n) is 7.52. The van der Waals surface area contributed by atoms with Crippen LogP contribution >= 0.6 is 0 Å². The van der Waals surface area contributed by atoms with Crippen LogP contribution in [-0.2, 0) is 0 Å². The predicted molar refractivity (Wildman–Crippen MR) is 121 cm³/mol. The molecule has 1 aliphatic heterocycles. The van der Waals surface area contributed by atoms with Crippen LogP contribution in [0.4, 0.5) is 21.8 Å². The van der Waals surface area contributed by atoms with E-state index in [0.29, 0.717) is 5.69 Å². The molecular weight excluding hydrogens is 411 g/mol. The Morgan fingerprint density at radius 2 is 1.88 bits per heavy atom. The van der Waals surface area contributed by atoms with E-state index in [0.717, 1.165) is 0 Å². The summed E-state index contributed by atoms with van der Waals surface area (Å²) >= 11 is 0. The molecule has 2 aromatic heterocycles. The summed E-state index contributed by atoms with van der Waals surface area (Å²) in [6.45, 7) is 1.77. The number of aliphatic imine (C=N–C) groups is 1. The molecule has 32 heavy (non-hydrogen) atoms. The molecule has 0 fully saturated rings. The van der Waals surface area contributed by atoms with E-state index >= 15 is 0 Å². The van der Waals surface area contributed by atoms with Gasteiger partial charge in [-0.1, -0.05) is 18.2 Å². The zero-order chi connectivity index (χ0) is 22.9. The lowest BCUT2D eigenvalue weighted by atomic mass is 9.82. The molecule has 162 valence electrons. The van der Waals surface area contributed by atoms with Gasteiger partial charge in [-0.15, -0.1) is 0 Å². The Balaban J connectivity index is 1.68. The van der Waals surface area contributed by atoms with Crippen LogP contribution < -0.4 is 22.5 Å². The molecule has 0 spiro atoms. The van der Waals surface area contributed by atoms with E-state index in [4.69, 9.17) is 17.2 Å². The lowest BCUT2D eigenvalue weighted by Gasteiger charge is -2.35. The first-order chi connectivity index (χ1) is 15.3. The monoisotopic (exact) mass is 432 g/mol. The Morgan fingerprint density at radius 1 is 1.09 bits per heavy atom. The van der Waals surface area contributed by atoms with Crippen LogP contribution in [0.1, 0.15) is 29.0 Å². The zero-order valence-electron chi connectivity index (χ0n) is 17.2. The second-order valence-corrected chi connectivity index (χ2v) is 7.52. The number of nitrogens with zero attached hydrogens (tertiary/aromatic N) is 4.